The SMILES string of the molecule is CNC(C)c1cccc(OCc2ccc(C#N)cc2C)c1. The number of nitrogens with one attached hydrogen (secondary N) is 1. The Hall–Kier alpha value is -2.31. The summed E-state index contributed by atoms with van der Waals surface area (Å²) in [6, 6.07) is 16.2. The van der Waals surface area contributed by atoms with E-state index in [2.05, 4.69) is 30.4 Å². The van der Waals surface area contributed by atoms with Gasteiger partial charge in [0, 0.05) is 6.04 Å². The molecule has 108 valence electrons. The van der Waals surface area contributed by atoms with Crippen LogP contribution in [0.3, 0.4) is 0 Å². The number of benzene rings is 2. The summed E-state index contributed by atoms with van der Waals surface area (Å²) < 4.78 is 5.87. The van der Waals surface area contributed by atoms with Gasteiger partial charge in [-0.3, -0.25) is 0 Å². The first-order valence-electron chi connectivity index (χ1n) is 7.03. The zero-order chi connectivity index (χ0) is 15.2. The van der Waals surface area contributed by atoms with Crippen LogP contribution in [0.15, 0.2) is 42.5 Å². The first-order chi connectivity index (χ1) is 10.1. The molecular formula is C18H20N2O. The van der Waals surface area contributed by atoms with Crippen molar-refractivity contribution in [1.29, 1.82) is 5.26 Å². The van der Waals surface area contributed by atoms with Crippen molar-refractivity contribution in [1.82, 2.24) is 5.32 Å². The molecule has 0 fully saturated rings. The minimum Gasteiger partial charge on any atom is -0.489 e. The molecule has 1 unspecified atom stereocenters. The Morgan fingerprint density at radius 3 is 2.71 bits per heavy atom. The Balaban J connectivity index is 2.08. The summed E-state index contributed by atoms with van der Waals surface area (Å²) in [7, 11) is 1.94. The van der Waals surface area contributed by atoms with Crippen LogP contribution in [0.25, 0.3) is 0 Å². The average Bonchev–Trinajstić information content (AvgIpc) is 2.53. The van der Waals surface area contributed by atoms with E-state index in [4.69, 9.17) is 10.00 Å². The summed E-state index contributed by atoms with van der Waals surface area (Å²) >= 11 is 0. The molecule has 0 saturated carbocycles. The average molecular weight is 280 g/mol. The normalized spacial score (nSPS) is 11.7. The lowest BCUT2D eigenvalue weighted by Gasteiger charge is -2.13. The molecule has 0 spiro atoms. The van der Waals surface area contributed by atoms with Crippen molar-refractivity contribution in [3.05, 3.63) is 64.7 Å². The number of aryl methyl sites for hydroxylation is 1. The molecule has 2 rings (SSSR count). The van der Waals surface area contributed by atoms with E-state index in [-0.39, 0.29) is 0 Å². The van der Waals surface area contributed by atoms with Gasteiger partial charge < -0.3 is 10.1 Å². The Morgan fingerprint density at radius 2 is 2.05 bits per heavy atom. The molecule has 0 heterocycles. The summed E-state index contributed by atoms with van der Waals surface area (Å²) in [4.78, 5) is 0. The summed E-state index contributed by atoms with van der Waals surface area (Å²) in [5.74, 6) is 0.860. The van der Waals surface area contributed by atoms with Crippen molar-refractivity contribution in [3.63, 3.8) is 0 Å². The number of ether oxygens (including phenoxy) is 1. The van der Waals surface area contributed by atoms with E-state index in [0.29, 0.717) is 18.2 Å². The molecule has 0 aliphatic heterocycles. The quantitative estimate of drug-likeness (QED) is 0.907. The van der Waals surface area contributed by atoms with Crippen LogP contribution in [0, 0.1) is 18.3 Å². The monoisotopic (exact) mass is 280 g/mol. The third-order valence-electron chi connectivity index (χ3n) is 3.66. The standard InChI is InChI=1S/C18H20N2O/c1-13-9-15(11-19)7-8-17(13)12-21-18-6-4-5-16(10-18)14(2)20-3/h4-10,14,20H,12H2,1-3H3. The fourth-order valence-electron chi connectivity index (χ4n) is 2.13. The van der Waals surface area contributed by atoms with E-state index >= 15 is 0 Å². The first-order valence-corrected chi connectivity index (χ1v) is 7.03. The van der Waals surface area contributed by atoms with Gasteiger partial charge in [-0.2, -0.15) is 5.26 Å². The summed E-state index contributed by atoms with van der Waals surface area (Å²) in [5.41, 5.74) is 4.06. The molecule has 21 heavy (non-hydrogen) atoms. The van der Waals surface area contributed by atoms with E-state index in [9.17, 15) is 0 Å². The van der Waals surface area contributed by atoms with Crippen molar-refractivity contribution < 1.29 is 4.74 Å². The molecule has 0 aromatic heterocycles. The molecule has 2 aromatic rings. The Morgan fingerprint density at radius 1 is 1.24 bits per heavy atom. The molecule has 3 nitrogen and oxygen atoms in total. The van der Waals surface area contributed by atoms with Crippen LogP contribution in [0.2, 0.25) is 0 Å². The lowest BCUT2D eigenvalue weighted by Crippen LogP contribution is -2.12. The molecule has 1 atom stereocenters. The van der Waals surface area contributed by atoms with Gasteiger partial charge in [0.05, 0.1) is 11.6 Å². The highest BCUT2D eigenvalue weighted by Crippen LogP contribution is 2.20. The van der Waals surface area contributed by atoms with Crippen molar-refractivity contribution in [2.24, 2.45) is 0 Å². The van der Waals surface area contributed by atoms with Crippen molar-refractivity contribution in [2.75, 3.05) is 7.05 Å². The van der Waals surface area contributed by atoms with Crippen LogP contribution in [0.4, 0.5) is 0 Å². The number of hydrogen-bond acceptors (Lipinski definition) is 3. The van der Waals surface area contributed by atoms with Gasteiger partial charge in [-0.15, -0.1) is 0 Å². The second-order valence-corrected chi connectivity index (χ2v) is 5.12. The zero-order valence-corrected chi connectivity index (χ0v) is 12.7. The smallest absolute Gasteiger partial charge is 0.120 e. The fraction of sp³-hybridized carbons (Fsp3) is 0.278. The van der Waals surface area contributed by atoms with Crippen LogP contribution in [0.5, 0.6) is 5.75 Å². The fourth-order valence-corrected chi connectivity index (χ4v) is 2.13. The highest BCUT2D eigenvalue weighted by Gasteiger charge is 2.05. The van der Waals surface area contributed by atoms with Crippen molar-refractivity contribution in [2.45, 2.75) is 26.5 Å². The van der Waals surface area contributed by atoms with E-state index in [0.717, 1.165) is 16.9 Å². The molecule has 0 saturated heterocycles. The van der Waals surface area contributed by atoms with Gasteiger partial charge in [-0.25, -0.2) is 0 Å². The summed E-state index contributed by atoms with van der Waals surface area (Å²) in [5, 5.41) is 12.1. The number of nitrogens with zero attached hydrogens (tertiary/aromatic N) is 1. The summed E-state index contributed by atoms with van der Waals surface area (Å²) in [6.07, 6.45) is 0. The van der Waals surface area contributed by atoms with Gasteiger partial charge >= 0.3 is 0 Å². The van der Waals surface area contributed by atoms with Gasteiger partial charge in [0.2, 0.25) is 0 Å². The second-order valence-electron chi connectivity index (χ2n) is 5.12. The summed E-state index contributed by atoms with van der Waals surface area (Å²) in [6.45, 7) is 4.62. The van der Waals surface area contributed by atoms with Crippen LogP contribution in [-0.2, 0) is 6.61 Å². The molecule has 3 heteroatoms. The maximum absolute atomic E-state index is 8.88. The maximum Gasteiger partial charge on any atom is 0.120 e. The number of hydrogen-bond donors (Lipinski definition) is 1. The van der Waals surface area contributed by atoms with Crippen LogP contribution in [-0.4, -0.2) is 7.05 Å². The number of nitriles is 1. The lowest BCUT2D eigenvalue weighted by molar-refractivity contribution is 0.305. The van der Waals surface area contributed by atoms with Gasteiger partial charge in [0.25, 0.3) is 0 Å². The Labute approximate surface area is 126 Å². The third kappa shape index (κ3) is 3.84. The highest BCUT2D eigenvalue weighted by atomic mass is 16.5. The predicted molar refractivity (Wildman–Crippen MR) is 84.1 cm³/mol. The topological polar surface area (TPSA) is 45.0 Å². The molecule has 0 aliphatic carbocycles. The van der Waals surface area contributed by atoms with Gasteiger partial charge in [-0.05, 0) is 61.9 Å². The first kappa shape index (κ1) is 15.1. The van der Waals surface area contributed by atoms with Gasteiger partial charge in [0.1, 0.15) is 12.4 Å². The van der Waals surface area contributed by atoms with E-state index < -0.39 is 0 Å². The van der Waals surface area contributed by atoms with E-state index in [1.165, 1.54) is 5.56 Å². The van der Waals surface area contributed by atoms with Crippen LogP contribution >= 0.6 is 0 Å². The van der Waals surface area contributed by atoms with Crippen LogP contribution < -0.4 is 10.1 Å². The molecular weight excluding hydrogens is 260 g/mol. The van der Waals surface area contributed by atoms with E-state index in [1.54, 1.807) is 0 Å². The predicted octanol–water partition coefficient (Wildman–Crippen LogP) is 3.73. The van der Waals surface area contributed by atoms with Gasteiger partial charge in [0.15, 0.2) is 0 Å². The molecule has 2 aromatic carbocycles. The Kier molecular flexibility index (Phi) is 4.97. The van der Waals surface area contributed by atoms with Gasteiger partial charge in [-0.1, -0.05) is 18.2 Å². The molecule has 0 radical (unpaired) electrons. The minimum absolute atomic E-state index is 0.296. The third-order valence-corrected chi connectivity index (χ3v) is 3.66. The highest BCUT2D eigenvalue weighted by molar-refractivity contribution is 5.37. The van der Waals surface area contributed by atoms with Crippen LogP contribution in [0.1, 0.15) is 35.2 Å². The maximum atomic E-state index is 8.88. The largest absolute Gasteiger partial charge is 0.489 e. The Bertz CT molecular complexity index is 659. The number of rotatable bonds is 5. The molecule has 0 bridgehead atoms. The molecule has 0 aliphatic rings. The second kappa shape index (κ2) is 6.92. The molecule has 0 amide bonds. The van der Waals surface area contributed by atoms with Crippen molar-refractivity contribution >= 4 is 0 Å². The lowest BCUT2D eigenvalue weighted by atomic mass is 10.1. The van der Waals surface area contributed by atoms with E-state index in [1.807, 2.05) is 44.3 Å². The van der Waals surface area contributed by atoms with Crippen molar-refractivity contribution in [3.8, 4) is 11.8 Å². The molecule has 1 N–H and O–H groups in total. The minimum atomic E-state index is 0.296. The zero-order valence-electron chi connectivity index (χ0n) is 12.7.